The van der Waals surface area contributed by atoms with Gasteiger partial charge in [0.2, 0.25) is 5.95 Å². The van der Waals surface area contributed by atoms with Crippen LogP contribution in [0.25, 0.3) is 27.8 Å². The smallest absolute Gasteiger partial charge is 0.281 e. The van der Waals surface area contributed by atoms with Gasteiger partial charge < -0.3 is 0 Å². The number of nitrogens with zero attached hydrogens (tertiary/aromatic N) is 4. The first-order chi connectivity index (χ1) is 14.5. The quantitative estimate of drug-likeness (QED) is 0.409. The van der Waals surface area contributed by atoms with Crippen LogP contribution in [-0.2, 0) is 16.3 Å². The molecular weight excluding hydrogens is 477 g/mol. The Balaban J connectivity index is 1.79. The molecule has 1 aromatic carbocycles. The van der Waals surface area contributed by atoms with Crippen molar-refractivity contribution in [2.24, 2.45) is 0 Å². The van der Waals surface area contributed by atoms with E-state index >= 15 is 0 Å². The number of aromatic nitrogens is 4. The number of hydrogen-bond acceptors (Lipinski definition) is 6. The van der Waals surface area contributed by atoms with E-state index in [1.807, 2.05) is 0 Å². The Hall–Kier alpha value is -2.80. The minimum Gasteiger partial charge on any atom is -0.281 e. The lowest BCUT2D eigenvalue weighted by Gasteiger charge is -2.11. The van der Waals surface area contributed by atoms with Crippen LogP contribution in [0.4, 0.5) is 13.2 Å². The standard InChI is InChI=1S/C18H10ClF3N4O3S2/c19-11-3-1-2-10(6-11)12-7-15(18(20,21)22)25-17(24-12)26-8-13(23-9-26)14-4-5-16(30-14)31(27,28)29/h1-9H,(H,27,28,29). The Morgan fingerprint density at radius 3 is 2.48 bits per heavy atom. The summed E-state index contributed by atoms with van der Waals surface area (Å²) in [6, 6.07) is 9.67. The van der Waals surface area contributed by atoms with Crippen molar-refractivity contribution in [1.29, 1.82) is 0 Å². The topological polar surface area (TPSA) is 98.0 Å². The molecule has 0 saturated carbocycles. The van der Waals surface area contributed by atoms with Crippen molar-refractivity contribution < 1.29 is 26.1 Å². The highest BCUT2D eigenvalue weighted by Gasteiger charge is 2.34. The fraction of sp³-hybridized carbons (Fsp3) is 0.0556. The molecule has 0 atom stereocenters. The highest BCUT2D eigenvalue weighted by atomic mass is 35.5. The summed E-state index contributed by atoms with van der Waals surface area (Å²) in [6.07, 6.45) is -2.15. The Kier molecular flexibility index (Phi) is 5.33. The number of benzene rings is 1. The Labute approximate surface area is 182 Å². The van der Waals surface area contributed by atoms with E-state index in [0.717, 1.165) is 17.4 Å². The molecule has 3 heterocycles. The molecule has 7 nitrogen and oxygen atoms in total. The average Bonchev–Trinajstić information content (AvgIpc) is 3.36. The van der Waals surface area contributed by atoms with E-state index in [4.69, 9.17) is 16.2 Å². The van der Waals surface area contributed by atoms with Crippen LogP contribution in [0.3, 0.4) is 0 Å². The van der Waals surface area contributed by atoms with Crippen molar-refractivity contribution in [3.05, 3.63) is 65.7 Å². The molecule has 0 unspecified atom stereocenters. The normalized spacial score (nSPS) is 12.3. The summed E-state index contributed by atoms with van der Waals surface area (Å²) in [5, 5.41) is 0.337. The molecule has 0 amide bonds. The summed E-state index contributed by atoms with van der Waals surface area (Å²) in [5.41, 5.74) is -0.490. The minimum atomic E-state index is -4.72. The Morgan fingerprint density at radius 2 is 1.84 bits per heavy atom. The van der Waals surface area contributed by atoms with Gasteiger partial charge in [0, 0.05) is 16.8 Å². The molecule has 31 heavy (non-hydrogen) atoms. The van der Waals surface area contributed by atoms with Gasteiger partial charge in [0.1, 0.15) is 10.5 Å². The van der Waals surface area contributed by atoms with Crippen LogP contribution < -0.4 is 0 Å². The number of halogens is 4. The summed E-state index contributed by atoms with van der Waals surface area (Å²) in [7, 11) is -4.37. The molecule has 0 aliphatic carbocycles. The molecule has 0 aliphatic heterocycles. The summed E-state index contributed by atoms with van der Waals surface area (Å²) in [5.74, 6) is -0.282. The van der Waals surface area contributed by atoms with E-state index < -0.39 is 22.0 Å². The van der Waals surface area contributed by atoms with E-state index in [0.29, 0.717) is 15.5 Å². The van der Waals surface area contributed by atoms with Crippen LogP contribution in [0, 0.1) is 0 Å². The number of thiophene rings is 1. The zero-order chi connectivity index (χ0) is 22.4. The number of alkyl halides is 3. The first kappa shape index (κ1) is 21.4. The molecule has 0 bridgehead atoms. The molecule has 1 N–H and O–H groups in total. The molecule has 160 valence electrons. The SMILES string of the molecule is O=S(=O)(O)c1ccc(-c2cn(-c3nc(-c4cccc(Cl)c4)cc(C(F)(F)F)n3)cn2)s1. The monoisotopic (exact) mass is 486 g/mol. The van der Waals surface area contributed by atoms with Gasteiger partial charge in [-0.05, 0) is 30.3 Å². The second-order valence-electron chi connectivity index (χ2n) is 6.21. The van der Waals surface area contributed by atoms with Gasteiger partial charge in [-0.3, -0.25) is 9.12 Å². The maximum absolute atomic E-state index is 13.4. The predicted molar refractivity (Wildman–Crippen MR) is 108 cm³/mol. The van der Waals surface area contributed by atoms with Crippen LogP contribution in [-0.4, -0.2) is 32.5 Å². The van der Waals surface area contributed by atoms with E-state index in [-0.39, 0.29) is 21.5 Å². The molecule has 0 saturated heterocycles. The summed E-state index contributed by atoms with van der Waals surface area (Å²) >= 11 is 6.71. The van der Waals surface area contributed by atoms with Crippen LogP contribution in [0.15, 0.2) is 59.2 Å². The maximum atomic E-state index is 13.4. The first-order valence-corrected chi connectivity index (χ1v) is 11.0. The lowest BCUT2D eigenvalue weighted by Crippen LogP contribution is -2.12. The second kappa shape index (κ2) is 7.71. The van der Waals surface area contributed by atoms with E-state index in [1.165, 1.54) is 35.3 Å². The molecule has 13 heteroatoms. The minimum absolute atomic E-state index is 0.0138. The predicted octanol–water partition coefficient (Wildman–Crippen LogP) is 4.98. The van der Waals surface area contributed by atoms with Gasteiger partial charge in [-0.25, -0.2) is 15.0 Å². The van der Waals surface area contributed by atoms with Gasteiger partial charge >= 0.3 is 16.3 Å². The molecular formula is C18H10ClF3N4O3S2. The summed E-state index contributed by atoms with van der Waals surface area (Å²) in [6.45, 7) is 0. The highest BCUT2D eigenvalue weighted by molar-refractivity contribution is 7.88. The summed E-state index contributed by atoms with van der Waals surface area (Å²) < 4.78 is 72.8. The van der Waals surface area contributed by atoms with Crippen LogP contribution >= 0.6 is 22.9 Å². The molecule has 0 spiro atoms. The van der Waals surface area contributed by atoms with Crippen molar-refractivity contribution in [3.8, 4) is 27.8 Å². The lowest BCUT2D eigenvalue weighted by molar-refractivity contribution is -0.141. The van der Waals surface area contributed by atoms with Gasteiger partial charge in [0.05, 0.1) is 16.3 Å². The average molecular weight is 487 g/mol. The third-order valence-corrected chi connectivity index (χ3v) is 6.69. The van der Waals surface area contributed by atoms with Crippen LogP contribution in [0.1, 0.15) is 5.69 Å². The molecule has 4 aromatic rings. The maximum Gasteiger partial charge on any atom is 0.433 e. The van der Waals surface area contributed by atoms with Gasteiger partial charge in [-0.2, -0.15) is 21.6 Å². The van der Waals surface area contributed by atoms with Crippen molar-refractivity contribution in [1.82, 2.24) is 19.5 Å². The number of hydrogen-bond donors (Lipinski definition) is 1. The number of rotatable bonds is 4. The third kappa shape index (κ3) is 4.61. The molecule has 0 radical (unpaired) electrons. The van der Waals surface area contributed by atoms with Crippen molar-refractivity contribution in [3.63, 3.8) is 0 Å². The van der Waals surface area contributed by atoms with Crippen molar-refractivity contribution in [2.75, 3.05) is 0 Å². The fourth-order valence-corrected chi connectivity index (χ4v) is 4.47. The fourth-order valence-electron chi connectivity index (χ4n) is 2.65. The second-order valence-corrected chi connectivity index (χ2v) is 9.38. The molecule has 4 rings (SSSR count). The van der Waals surface area contributed by atoms with Crippen LogP contribution in [0.2, 0.25) is 5.02 Å². The van der Waals surface area contributed by atoms with Crippen LogP contribution in [0.5, 0.6) is 0 Å². The van der Waals surface area contributed by atoms with Gasteiger partial charge in [-0.15, -0.1) is 11.3 Å². The molecule has 0 fully saturated rings. The zero-order valence-electron chi connectivity index (χ0n) is 15.1. The van der Waals surface area contributed by atoms with Crippen molar-refractivity contribution in [2.45, 2.75) is 10.4 Å². The Bertz CT molecular complexity index is 1380. The largest absolute Gasteiger partial charge is 0.433 e. The van der Waals surface area contributed by atoms with Crippen molar-refractivity contribution >= 4 is 33.1 Å². The number of imidazole rings is 1. The van der Waals surface area contributed by atoms with Gasteiger partial charge in [-0.1, -0.05) is 23.7 Å². The molecule has 0 aliphatic rings. The van der Waals surface area contributed by atoms with Gasteiger partial charge in [0.15, 0.2) is 5.69 Å². The van der Waals surface area contributed by atoms with Gasteiger partial charge in [0.25, 0.3) is 0 Å². The summed E-state index contributed by atoms with van der Waals surface area (Å²) in [4.78, 5) is 12.3. The zero-order valence-corrected chi connectivity index (χ0v) is 17.5. The highest BCUT2D eigenvalue weighted by Crippen LogP contribution is 2.33. The lowest BCUT2D eigenvalue weighted by atomic mass is 10.1. The van der Waals surface area contributed by atoms with E-state index in [1.54, 1.807) is 18.2 Å². The molecule has 3 aromatic heterocycles. The van der Waals surface area contributed by atoms with E-state index in [2.05, 4.69) is 15.0 Å². The first-order valence-electron chi connectivity index (χ1n) is 8.35. The Morgan fingerprint density at radius 1 is 1.06 bits per heavy atom. The van der Waals surface area contributed by atoms with E-state index in [9.17, 15) is 21.6 Å². The third-order valence-electron chi connectivity index (χ3n) is 4.03.